The molecule has 150 valence electrons. The van der Waals surface area contributed by atoms with Crippen molar-refractivity contribution < 1.29 is 27.8 Å². The van der Waals surface area contributed by atoms with Gasteiger partial charge in [0.25, 0.3) is 11.7 Å². The monoisotopic (exact) mass is 414 g/mol. The molecule has 0 bridgehead atoms. The van der Waals surface area contributed by atoms with E-state index >= 15 is 0 Å². The van der Waals surface area contributed by atoms with E-state index in [4.69, 9.17) is 11.6 Å². The Balaban J connectivity index is 1.54. The summed E-state index contributed by atoms with van der Waals surface area (Å²) in [6.07, 6.45) is -3.37. The summed E-state index contributed by atoms with van der Waals surface area (Å²) in [5, 5.41) is 3.49. The number of carbonyl (C=O) groups excluding carboxylic acids is 1. The third-order valence-electron chi connectivity index (χ3n) is 4.99. The lowest BCUT2D eigenvalue weighted by Crippen LogP contribution is -3.19. The van der Waals surface area contributed by atoms with E-state index in [9.17, 15) is 18.0 Å². The Hall–Kier alpha value is -2.32. The molecule has 1 aliphatic rings. The Morgan fingerprint density at radius 1 is 1.18 bits per heavy atom. The number of H-pyrrole nitrogens is 1. The largest absolute Gasteiger partial charge is 0.419 e. The van der Waals surface area contributed by atoms with Gasteiger partial charge in [0.2, 0.25) is 0 Å². The van der Waals surface area contributed by atoms with E-state index < -0.39 is 11.7 Å². The van der Waals surface area contributed by atoms with Crippen molar-refractivity contribution in [2.45, 2.75) is 19.1 Å². The van der Waals surface area contributed by atoms with Crippen LogP contribution >= 0.6 is 11.6 Å². The first-order chi connectivity index (χ1) is 13.2. The number of pyridine rings is 1. The molecule has 0 saturated carbocycles. The molecule has 2 aromatic rings. The van der Waals surface area contributed by atoms with Crippen LogP contribution in [0.1, 0.15) is 12.5 Å². The Morgan fingerprint density at radius 3 is 2.36 bits per heavy atom. The molecule has 3 rings (SSSR count). The van der Waals surface area contributed by atoms with E-state index in [1.165, 1.54) is 6.07 Å². The summed E-state index contributed by atoms with van der Waals surface area (Å²) in [5.41, 5.74) is -0.00774. The number of amides is 1. The minimum atomic E-state index is -4.36. The quantitative estimate of drug-likeness (QED) is 0.803. The summed E-state index contributed by atoms with van der Waals surface area (Å²) in [6, 6.07) is 9.22. The second-order valence-electron chi connectivity index (χ2n) is 6.82. The van der Waals surface area contributed by atoms with Crippen molar-refractivity contribution in [1.29, 1.82) is 0 Å². The van der Waals surface area contributed by atoms with Gasteiger partial charge in [-0.15, -0.1) is 0 Å². The van der Waals surface area contributed by atoms with Crippen LogP contribution in [0.25, 0.3) is 0 Å². The van der Waals surface area contributed by atoms with Crippen LogP contribution < -0.4 is 20.1 Å². The fourth-order valence-electron chi connectivity index (χ4n) is 3.23. The number of benzene rings is 1. The molecule has 1 amide bonds. The molecule has 1 aromatic heterocycles. The number of nitrogens with one attached hydrogen (secondary N) is 3. The second kappa shape index (κ2) is 8.36. The fourth-order valence-corrected chi connectivity index (χ4v) is 3.35. The molecule has 1 aromatic carbocycles. The number of quaternary nitrogens is 1. The average molecular weight is 415 g/mol. The maximum Gasteiger partial charge on any atom is 0.419 e. The third kappa shape index (κ3) is 4.94. The average Bonchev–Trinajstić information content (AvgIpc) is 2.69. The molecular formula is C19H22ClF3N4O+2. The van der Waals surface area contributed by atoms with Crippen molar-refractivity contribution in [1.82, 2.24) is 0 Å². The minimum Gasteiger partial charge on any atom is -0.321 e. The maximum atomic E-state index is 12.7. The van der Waals surface area contributed by atoms with Gasteiger partial charge in [0.05, 0.1) is 5.56 Å². The molecule has 0 spiro atoms. The lowest BCUT2D eigenvalue weighted by molar-refractivity contribution is -0.914. The van der Waals surface area contributed by atoms with Crippen LogP contribution in [0.4, 0.5) is 24.7 Å². The summed E-state index contributed by atoms with van der Waals surface area (Å²) in [5.74, 6) is 0.567. The van der Waals surface area contributed by atoms with Crippen LogP contribution in [-0.2, 0) is 11.0 Å². The number of hydrogen-bond acceptors (Lipinski definition) is 2. The van der Waals surface area contributed by atoms with Crippen LogP contribution in [-0.4, -0.2) is 38.1 Å². The first kappa shape index (κ1) is 20.4. The summed E-state index contributed by atoms with van der Waals surface area (Å²) in [7, 11) is 0. The number of rotatable bonds is 4. The van der Waals surface area contributed by atoms with Gasteiger partial charge in [-0.2, -0.15) is 13.2 Å². The fraction of sp³-hybridized carbons (Fsp3) is 0.368. The Morgan fingerprint density at radius 2 is 1.82 bits per heavy atom. The van der Waals surface area contributed by atoms with Crippen molar-refractivity contribution >= 4 is 29.0 Å². The molecule has 2 heterocycles. The van der Waals surface area contributed by atoms with Crippen molar-refractivity contribution in [2.24, 2.45) is 0 Å². The van der Waals surface area contributed by atoms with Crippen LogP contribution in [0, 0.1) is 0 Å². The standard InChI is InChI=1S/C19H20ClF3N4O/c1-13(18(28)25-16-5-3-15(20)4-6-16)26-8-10-27(11-9-26)17-7-2-14(12-24-17)19(21,22)23/h2-7,12-13H,8-11H2,1H3,(H,25,28)/p+2/t13-/m0/s1. The molecule has 1 atom stereocenters. The molecule has 0 unspecified atom stereocenters. The molecule has 1 fully saturated rings. The lowest BCUT2D eigenvalue weighted by Gasteiger charge is -2.31. The van der Waals surface area contributed by atoms with Crippen molar-refractivity contribution in [3.63, 3.8) is 0 Å². The molecular weight excluding hydrogens is 393 g/mol. The number of aromatic nitrogens is 1. The number of aromatic amines is 1. The molecule has 3 N–H and O–H groups in total. The van der Waals surface area contributed by atoms with Gasteiger partial charge < -0.3 is 10.2 Å². The molecule has 0 radical (unpaired) electrons. The van der Waals surface area contributed by atoms with Gasteiger partial charge in [-0.25, -0.2) is 4.98 Å². The smallest absolute Gasteiger partial charge is 0.321 e. The topological polar surface area (TPSA) is 50.9 Å². The van der Waals surface area contributed by atoms with E-state index in [1.54, 1.807) is 24.3 Å². The maximum absolute atomic E-state index is 12.7. The lowest BCUT2D eigenvalue weighted by atomic mass is 10.2. The van der Waals surface area contributed by atoms with Crippen LogP contribution in [0.3, 0.4) is 0 Å². The summed E-state index contributed by atoms with van der Waals surface area (Å²) < 4.78 is 38.0. The van der Waals surface area contributed by atoms with Gasteiger partial charge in [-0.05, 0) is 37.3 Å². The van der Waals surface area contributed by atoms with E-state index in [0.29, 0.717) is 42.7 Å². The van der Waals surface area contributed by atoms with E-state index in [-0.39, 0.29) is 11.9 Å². The molecule has 1 aliphatic heterocycles. The highest BCUT2D eigenvalue weighted by molar-refractivity contribution is 6.30. The number of carbonyl (C=O) groups is 1. The van der Waals surface area contributed by atoms with Gasteiger partial charge in [-0.1, -0.05) is 11.6 Å². The highest BCUT2D eigenvalue weighted by atomic mass is 35.5. The highest BCUT2D eigenvalue weighted by Crippen LogP contribution is 2.28. The van der Waals surface area contributed by atoms with Gasteiger partial charge in [0.15, 0.2) is 6.04 Å². The summed E-state index contributed by atoms with van der Waals surface area (Å²) >= 11 is 5.85. The van der Waals surface area contributed by atoms with E-state index in [1.807, 2.05) is 11.8 Å². The van der Waals surface area contributed by atoms with Gasteiger partial charge in [-0.3, -0.25) is 9.69 Å². The Kier molecular flexibility index (Phi) is 6.10. The third-order valence-corrected chi connectivity index (χ3v) is 5.24. The number of anilines is 2. The number of hydrogen-bond donors (Lipinski definition) is 2. The summed E-state index contributed by atoms with van der Waals surface area (Å²) in [4.78, 5) is 18.3. The van der Waals surface area contributed by atoms with Crippen molar-refractivity contribution in [2.75, 3.05) is 36.4 Å². The molecule has 5 nitrogen and oxygen atoms in total. The van der Waals surface area contributed by atoms with Crippen molar-refractivity contribution in [3.05, 3.63) is 53.2 Å². The molecule has 0 aliphatic carbocycles. The van der Waals surface area contributed by atoms with Crippen LogP contribution in [0.5, 0.6) is 0 Å². The van der Waals surface area contributed by atoms with Gasteiger partial charge >= 0.3 is 6.18 Å². The van der Waals surface area contributed by atoms with E-state index in [0.717, 1.165) is 17.2 Å². The van der Waals surface area contributed by atoms with Crippen molar-refractivity contribution in [3.8, 4) is 0 Å². The molecule has 1 saturated heterocycles. The zero-order chi connectivity index (χ0) is 20.3. The minimum absolute atomic E-state index is 0.0770. The first-order valence-electron chi connectivity index (χ1n) is 8.99. The Labute approximate surface area is 166 Å². The predicted molar refractivity (Wildman–Crippen MR) is 100 cm³/mol. The number of piperazine rings is 1. The molecule has 28 heavy (non-hydrogen) atoms. The first-order valence-corrected chi connectivity index (χ1v) is 9.37. The SMILES string of the molecule is C[C@@H](C(=O)Nc1ccc(Cl)cc1)[NH+]1CCN(c2ccc(C(F)(F)F)c[nH+]2)CC1. The number of alkyl halides is 3. The number of halogens is 4. The second-order valence-corrected chi connectivity index (χ2v) is 7.26. The van der Waals surface area contributed by atoms with Crippen LogP contribution in [0.2, 0.25) is 5.02 Å². The molecule has 9 heteroatoms. The summed E-state index contributed by atoms with van der Waals surface area (Å²) in [6.45, 7) is 4.60. The predicted octanol–water partition coefficient (Wildman–Crippen LogP) is 1.91. The zero-order valence-corrected chi connectivity index (χ0v) is 16.1. The zero-order valence-electron chi connectivity index (χ0n) is 15.3. The van der Waals surface area contributed by atoms with Crippen LogP contribution in [0.15, 0.2) is 42.6 Å². The van der Waals surface area contributed by atoms with Gasteiger partial charge in [0, 0.05) is 16.8 Å². The van der Waals surface area contributed by atoms with Gasteiger partial charge in [0.1, 0.15) is 32.4 Å². The normalized spacial score (nSPS) is 16.7. The Bertz CT molecular complexity index is 803. The highest BCUT2D eigenvalue weighted by Gasteiger charge is 2.34. The van der Waals surface area contributed by atoms with E-state index in [2.05, 4.69) is 10.3 Å². The number of nitrogens with zero attached hydrogens (tertiary/aromatic N) is 1.